The van der Waals surface area contributed by atoms with Gasteiger partial charge in [0.25, 0.3) is 0 Å². The van der Waals surface area contributed by atoms with E-state index >= 15 is 0 Å². The number of nitrogens with zero attached hydrogens (tertiary/aromatic N) is 4. The first-order valence-corrected chi connectivity index (χ1v) is 8.15. The van der Waals surface area contributed by atoms with Gasteiger partial charge in [-0.1, -0.05) is 29.4 Å². The van der Waals surface area contributed by atoms with Gasteiger partial charge in [-0.2, -0.15) is 31.3 Å². The molecule has 0 aliphatic carbocycles. The van der Waals surface area contributed by atoms with Gasteiger partial charge in [-0.15, -0.1) is 0 Å². The Labute approximate surface area is 158 Å². The van der Waals surface area contributed by atoms with Crippen LogP contribution >= 0.6 is 0 Å². The third kappa shape index (κ3) is 3.67. The van der Waals surface area contributed by atoms with Gasteiger partial charge in [0.2, 0.25) is 17.5 Å². The molecule has 2 aromatic heterocycles. The molecule has 0 fully saturated rings. The number of rotatable bonds is 3. The first-order chi connectivity index (χ1) is 13.6. The zero-order chi connectivity index (χ0) is 20.8. The van der Waals surface area contributed by atoms with Gasteiger partial charge in [0.1, 0.15) is 6.54 Å². The van der Waals surface area contributed by atoms with Gasteiger partial charge >= 0.3 is 12.4 Å². The van der Waals surface area contributed by atoms with Gasteiger partial charge in [-0.25, -0.2) is 4.98 Å². The molecule has 2 aromatic carbocycles. The number of hydrogen-bond acceptors (Lipinski definition) is 4. The van der Waals surface area contributed by atoms with Crippen LogP contribution in [0.3, 0.4) is 0 Å². The molecule has 0 bridgehead atoms. The molecule has 0 aliphatic heterocycles. The Bertz CT molecular complexity index is 1160. The standard InChI is InChI=1S/C18H10F6N4O/c19-17(20,21)11-7-5-10(6-8-11)15-26-14(29-27-15)9-28-13-4-2-1-3-12(13)25-16(28)18(22,23)24/h1-8H,9H2. The van der Waals surface area contributed by atoms with Crippen LogP contribution in [0.1, 0.15) is 17.3 Å². The Hall–Kier alpha value is -3.37. The minimum absolute atomic E-state index is 0.0355. The summed E-state index contributed by atoms with van der Waals surface area (Å²) in [5.41, 5.74) is -0.222. The minimum atomic E-state index is -4.70. The fourth-order valence-electron chi connectivity index (χ4n) is 2.83. The minimum Gasteiger partial charge on any atom is -0.337 e. The van der Waals surface area contributed by atoms with Gasteiger partial charge in [0.05, 0.1) is 16.6 Å². The summed E-state index contributed by atoms with van der Waals surface area (Å²) in [4.78, 5) is 7.62. The molecule has 0 radical (unpaired) electrons. The molecule has 0 amide bonds. The van der Waals surface area contributed by atoms with Crippen LogP contribution in [-0.2, 0) is 18.9 Å². The van der Waals surface area contributed by atoms with Crippen molar-refractivity contribution in [1.29, 1.82) is 0 Å². The number of alkyl halides is 6. The number of para-hydroxylation sites is 2. The molecule has 0 spiro atoms. The van der Waals surface area contributed by atoms with Crippen LogP contribution in [0, 0.1) is 0 Å². The van der Waals surface area contributed by atoms with E-state index in [1.165, 1.54) is 12.1 Å². The third-order valence-corrected chi connectivity index (χ3v) is 4.14. The molecule has 0 saturated carbocycles. The average molecular weight is 412 g/mol. The summed E-state index contributed by atoms with van der Waals surface area (Å²) in [7, 11) is 0. The average Bonchev–Trinajstić information content (AvgIpc) is 3.27. The molecule has 29 heavy (non-hydrogen) atoms. The fraction of sp³-hybridized carbons (Fsp3) is 0.167. The van der Waals surface area contributed by atoms with Crippen LogP contribution in [0.4, 0.5) is 26.3 Å². The predicted octanol–water partition coefficient (Wildman–Crippen LogP) is 5.17. The van der Waals surface area contributed by atoms with E-state index in [0.29, 0.717) is 0 Å². The normalized spacial score (nSPS) is 12.6. The second-order valence-electron chi connectivity index (χ2n) is 6.09. The highest BCUT2D eigenvalue weighted by molar-refractivity contribution is 5.76. The lowest BCUT2D eigenvalue weighted by Crippen LogP contribution is -2.15. The molecule has 0 N–H and O–H groups in total. The van der Waals surface area contributed by atoms with Crippen molar-refractivity contribution in [2.75, 3.05) is 0 Å². The molecule has 0 saturated heterocycles. The van der Waals surface area contributed by atoms with Gasteiger partial charge in [0, 0.05) is 5.56 Å². The number of fused-ring (bicyclic) bond motifs is 1. The molecule has 4 rings (SSSR count). The molecule has 150 valence electrons. The van der Waals surface area contributed by atoms with Crippen molar-refractivity contribution in [2.45, 2.75) is 18.9 Å². The lowest BCUT2D eigenvalue weighted by atomic mass is 10.1. The van der Waals surface area contributed by atoms with Crippen LogP contribution in [0.15, 0.2) is 53.1 Å². The molecule has 11 heteroatoms. The lowest BCUT2D eigenvalue weighted by Gasteiger charge is -2.09. The smallest absolute Gasteiger partial charge is 0.337 e. The predicted molar refractivity (Wildman–Crippen MR) is 88.6 cm³/mol. The summed E-state index contributed by atoms with van der Waals surface area (Å²) in [6.45, 7) is -0.400. The van der Waals surface area contributed by atoms with Crippen LogP contribution in [0.2, 0.25) is 0 Å². The van der Waals surface area contributed by atoms with Crippen LogP contribution in [-0.4, -0.2) is 19.7 Å². The van der Waals surface area contributed by atoms with Crippen molar-refractivity contribution >= 4 is 11.0 Å². The zero-order valence-corrected chi connectivity index (χ0v) is 14.3. The monoisotopic (exact) mass is 412 g/mol. The third-order valence-electron chi connectivity index (χ3n) is 4.14. The lowest BCUT2D eigenvalue weighted by molar-refractivity contribution is -0.146. The first kappa shape index (κ1) is 19.0. The maximum absolute atomic E-state index is 13.4. The van der Waals surface area contributed by atoms with Crippen molar-refractivity contribution in [3.63, 3.8) is 0 Å². The molecule has 0 atom stereocenters. The number of imidazole rings is 1. The molecule has 0 unspecified atom stereocenters. The Balaban J connectivity index is 1.67. The van der Waals surface area contributed by atoms with E-state index in [-0.39, 0.29) is 28.3 Å². The first-order valence-electron chi connectivity index (χ1n) is 8.15. The van der Waals surface area contributed by atoms with Crippen LogP contribution in [0.5, 0.6) is 0 Å². The molecule has 4 aromatic rings. The highest BCUT2D eigenvalue weighted by atomic mass is 19.4. The number of hydrogen-bond donors (Lipinski definition) is 0. The van der Waals surface area contributed by atoms with E-state index in [1.54, 1.807) is 12.1 Å². The summed E-state index contributed by atoms with van der Waals surface area (Å²) < 4.78 is 83.9. The summed E-state index contributed by atoms with van der Waals surface area (Å²) >= 11 is 0. The maximum Gasteiger partial charge on any atom is 0.449 e. The number of halogens is 6. The summed E-state index contributed by atoms with van der Waals surface area (Å²) in [5.74, 6) is -1.30. The fourth-order valence-corrected chi connectivity index (χ4v) is 2.83. The highest BCUT2D eigenvalue weighted by Gasteiger charge is 2.38. The van der Waals surface area contributed by atoms with Crippen molar-refractivity contribution in [2.24, 2.45) is 0 Å². The van der Waals surface area contributed by atoms with Gasteiger partial charge in [-0.3, -0.25) is 0 Å². The van der Waals surface area contributed by atoms with E-state index in [9.17, 15) is 26.3 Å². The van der Waals surface area contributed by atoms with E-state index in [0.717, 1.165) is 28.8 Å². The topological polar surface area (TPSA) is 56.7 Å². The second kappa shape index (κ2) is 6.61. The van der Waals surface area contributed by atoms with Gasteiger partial charge in [-0.05, 0) is 24.3 Å². The van der Waals surface area contributed by atoms with E-state index in [4.69, 9.17) is 4.52 Å². The van der Waals surface area contributed by atoms with E-state index in [2.05, 4.69) is 15.1 Å². The molecular weight excluding hydrogens is 402 g/mol. The quantitative estimate of drug-likeness (QED) is 0.436. The van der Waals surface area contributed by atoms with Gasteiger partial charge in [0.15, 0.2) is 0 Å². The zero-order valence-electron chi connectivity index (χ0n) is 14.3. The van der Waals surface area contributed by atoms with Crippen LogP contribution in [0.25, 0.3) is 22.4 Å². The Morgan fingerprint density at radius 2 is 1.52 bits per heavy atom. The molecular formula is C18H10F6N4O. The second-order valence-corrected chi connectivity index (χ2v) is 6.09. The van der Waals surface area contributed by atoms with Crippen molar-refractivity contribution in [3.8, 4) is 11.4 Å². The van der Waals surface area contributed by atoms with Crippen molar-refractivity contribution in [3.05, 3.63) is 65.8 Å². The Morgan fingerprint density at radius 3 is 2.17 bits per heavy atom. The Kier molecular flexibility index (Phi) is 4.32. The van der Waals surface area contributed by atoms with Crippen LogP contribution < -0.4 is 0 Å². The SMILES string of the molecule is FC(F)(F)c1ccc(-c2noc(Cn3c(C(F)(F)F)nc4ccccc43)n2)cc1. The van der Waals surface area contributed by atoms with Crippen molar-refractivity contribution in [1.82, 2.24) is 19.7 Å². The number of benzene rings is 2. The summed E-state index contributed by atoms with van der Waals surface area (Å²) in [5, 5.41) is 3.65. The van der Waals surface area contributed by atoms with E-state index in [1.807, 2.05) is 0 Å². The molecule has 2 heterocycles. The van der Waals surface area contributed by atoms with E-state index < -0.39 is 30.3 Å². The summed E-state index contributed by atoms with van der Waals surface area (Å²) in [6.07, 6.45) is -9.19. The number of aromatic nitrogens is 4. The highest BCUT2D eigenvalue weighted by Crippen LogP contribution is 2.33. The summed E-state index contributed by atoms with van der Waals surface area (Å²) in [6, 6.07) is 10.1. The van der Waals surface area contributed by atoms with Gasteiger partial charge < -0.3 is 9.09 Å². The largest absolute Gasteiger partial charge is 0.449 e. The molecule has 0 aliphatic rings. The molecule has 5 nitrogen and oxygen atoms in total. The Morgan fingerprint density at radius 1 is 0.828 bits per heavy atom. The maximum atomic E-state index is 13.4. The van der Waals surface area contributed by atoms with Crippen molar-refractivity contribution < 1.29 is 30.9 Å².